The van der Waals surface area contributed by atoms with E-state index in [2.05, 4.69) is 20.0 Å². The van der Waals surface area contributed by atoms with Crippen LogP contribution in [0.3, 0.4) is 0 Å². The quantitative estimate of drug-likeness (QED) is 0.768. The molecule has 0 aliphatic carbocycles. The van der Waals surface area contributed by atoms with Crippen molar-refractivity contribution in [3.05, 3.63) is 53.1 Å². The maximum atomic E-state index is 12.4. The Bertz CT molecular complexity index is 815. The molecule has 23 heavy (non-hydrogen) atoms. The minimum atomic E-state index is -2.92. The van der Waals surface area contributed by atoms with Crippen LogP contribution in [0, 0.1) is 6.92 Å². The second-order valence-corrected chi connectivity index (χ2v) is 5.40. The number of nitrogens with zero attached hydrogens (tertiary/aromatic N) is 3. The topological polar surface area (TPSA) is 55.7 Å². The smallest absolute Gasteiger partial charge is 0.387 e. The van der Waals surface area contributed by atoms with Crippen LogP contribution in [0.1, 0.15) is 11.4 Å². The summed E-state index contributed by atoms with van der Waals surface area (Å²) in [4.78, 5) is 0. The van der Waals surface area contributed by atoms with Crippen molar-refractivity contribution < 1.29 is 13.5 Å². The van der Waals surface area contributed by atoms with Crippen LogP contribution in [0.5, 0.6) is 5.75 Å². The van der Waals surface area contributed by atoms with Gasteiger partial charge in [0.15, 0.2) is 0 Å². The van der Waals surface area contributed by atoms with Gasteiger partial charge in [-0.15, -0.1) is 0 Å². The Kier molecular flexibility index (Phi) is 4.29. The van der Waals surface area contributed by atoms with Gasteiger partial charge in [0, 0.05) is 17.5 Å². The fourth-order valence-electron chi connectivity index (χ4n) is 2.19. The summed E-state index contributed by atoms with van der Waals surface area (Å²) in [5.74, 6) is -0.0603. The van der Waals surface area contributed by atoms with Gasteiger partial charge in [-0.1, -0.05) is 17.7 Å². The van der Waals surface area contributed by atoms with Crippen LogP contribution in [0.4, 0.5) is 8.78 Å². The first-order valence-electron chi connectivity index (χ1n) is 6.79. The molecule has 3 aromatic rings. The third-order valence-electron chi connectivity index (χ3n) is 3.20. The molecule has 0 fully saturated rings. The Morgan fingerprint density at radius 1 is 1.30 bits per heavy atom. The fraction of sp³-hybridized carbons (Fsp3) is 0.200. The predicted octanol–water partition coefficient (Wildman–Crippen LogP) is 3.88. The second-order valence-electron chi connectivity index (χ2n) is 4.99. The van der Waals surface area contributed by atoms with Gasteiger partial charge >= 0.3 is 6.61 Å². The molecular weight excluding hydrogens is 326 g/mol. The summed E-state index contributed by atoms with van der Waals surface area (Å²) in [7, 11) is 0. The zero-order valence-corrected chi connectivity index (χ0v) is 12.9. The third-order valence-corrected chi connectivity index (χ3v) is 3.51. The number of aromatic nitrogens is 4. The maximum absolute atomic E-state index is 12.4. The number of hydrogen-bond donors (Lipinski definition) is 1. The maximum Gasteiger partial charge on any atom is 0.387 e. The van der Waals surface area contributed by atoms with E-state index in [9.17, 15) is 8.78 Å². The molecule has 0 spiro atoms. The summed E-state index contributed by atoms with van der Waals surface area (Å²) in [5, 5.41) is 11.4. The lowest BCUT2D eigenvalue weighted by Gasteiger charge is -2.08. The van der Waals surface area contributed by atoms with Crippen molar-refractivity contribution in [3.8, 4) is 16.9 Å². The normalized spacial score (nSPS) is 11.2. The lowest BCUT2D eigenvalue weighted by Crippen LogP contribution is -2.02. The van der Waals surface area contributed by atoms with Gasteiger partial charge in [0.05, 0.1) is 23.5 Å². The standard InChI is InChI=1S/C15H13ClF2N4O/c1-9-4-12(21-20-9)8-22-7-11(6-19-22)10-2-3-13(16)14(5-10)23-15(17)18/h2-7,15H,8H2,1H3,(H,20,21). The summed E-state index contributed by atoms with van der Waals surface area (Å²) < 4.78 is 30.9. The largest absolute Gasteiger partial charge is 0.433 e. The van der Waals surface area contributed by atoms with Crippen molar-refractivity contribution in [1.82, 2.24) is 20.0 Å². The van der Waals surface area contributed by atoms with Gasteiger partial charge in [0.2, 0.25) is 0 Å². The van der Waals surface area contributed by atoms with E-state index in [4.69, 9.17) is 11.6 Å². The summed E-state index contributed by atoms with van der Waals surface area (Å²) in [5.41, 5.74) is 3.29. The van der Waals surface area contributed by atoms with Crippen LogP contribution in [0.2, 0.25) is 5.02 Å². The lowest BCUT2D eigenvalue weighted by atomic mass is 10.1. The molecule has 0 saturated heterocycles. The van der Waals surface area contributed by atoms with Gasteiger partial charge in [0.25, 0.3) is 0 Å². The van der Waals surface area contributed by atoms with Crippen molar-refractivity contribution in [2.45, 2.75) is 20.1 Å². The molecule has 0 radical (unpaired) electrons. The number of alkyl halides is 2. The average Bonchev–Trinajstić information content (AvgIpc) is 3.11. The first-order valence-corrected chi connectivity index (χ1v) is 7.17. The van der Waals surface area contributed by atoms with E-state index >= 15 is 0 Å². The van der Waals surface area contributed by atoms with Crippen LogP contribution >= 0.6 is 11.6 Å². The summed E-state index contributed by atoms with van der Waals surface area (Å²) in [6, 6.07) is 6.64. The Balaban J connectivity index is 1.82. The zero-order chi connectivity index (χ0) is 16.4. The van der Waals surface area contributed by atoms with Gasteiger partial charge in [-0.25, -0.2) is 0 Å². The first-order chi connectivity index (χ1) is 11.0. The van der Waals surface area contributed by atoms with Crippen LogP contribution in [0.25, 0.3) is 11.1 Å². The molecule has 1 N–H and O–H groups in total. The summed E-state index contributed by atoms with van der Waals surface area (Å²) in [6.45, 7) is -0.491. The fourth-order valence-corrected chi connectivity index (χ4v) is 2.35. The van der Waals surface area contributed by atoms with Crippen LogP contribution < -0.4 is 4.74 Å². The molecule has 2 heterocycles. The minimum absolute atomic E-state index is 0.0603. The predicted molar refractivity (Wildman–Crippen MR) is 81.7 cm³/mol. The Morgan fingerprint density at radius 3 is 2.83 bits per heavy atom. The number of H-pyrrole nitrogens is 1. The minimum Gasteiger partial charge on any atom is -0.433 e. The van der Waals surface area contributed by atoms with Crippen molar-refractivity contribution in [2.24, 2.45) is 0 Å². The molecular formula is C15H13ClF2N4O. The van der Waals surface area contributed by atoms with Crippen molar-refractivity contribution in [3.63, 3.8) is 0 Å². The van der Waals surface area contributed by atoms with E-state index in [0.717, 1.165) is 17.0 Å². The molecule has 120 valence electrons. The molecule has 0 amide bonds. The molecule has 5 nitrogen and oxygen atoms in total. The van der Waals surface area contributed by atoms with E-state index in [1.165, 1.54) is 12.1 Å². The molecule has 0 unspecified atom stereocenters. The molecule has 0 atom stereocenters. The van der Waals surface area contributed by atoms with Gasteiger partial charge in [-0.05, 0) is 30.7 Å². The van der Waals surface area contributed by atoms with Gasteiger partial charge in [-0.2, -0.15) is 19.0 Å². The first kappa shape index (κ1) is 15.5. The number of halogens is 3. The van der Waals surface area contributed by atoms with Gasteiger partial charge in [0.1, 0.15) is 5.75 Å². The van der Waals surface area contributed by atoms with Crippen molar-refractivity contribution in [1.29, 1.82) is 0 Å². The summed E-state index contributed by atoms with van der Waals surface area (Å²) in [6.07, 6.45) is 3.45. The number of aromatic amines is 1. The van der Waals surface area contributed by atoms with Crippen molar-refractivity contribution >= 4 is 11.6 Å². The van der Waals surface area contributed by atoms with E-state index in [0.29, 0.717) is 12.1 Å². The lowest BCUT2D eigenvalue weighted by molar-refractivity contribution is -0.0497. The van der Waals surface area contributed by atoms with Gasteiger partial charge < -0.3 is 4.74 Å². The van der Waals surface area contributed by atoms with Crippen LogP contribution in [-0.2, 0) is 6.54 Å². The SMILES string of the molecule is Cc1cc(Cn2cc(-c3ccc(Cl)c(OC(F)F)c3)cn2)n[nH]1. The van der Waals surface area contributed by atoms with E-state index in [1.807, 2.05) is 13.0 Å². The highest BCUT2D eigenvalue weighted by Crippen LogP contribution is 2.31. The van der Waals surface area contributed by atoms with Gasteiger partial charge in [-0.3, -0.25) is 9.78 Å². The molecule has 0 aliphatic rings. The molecule has 2 aromatic heterocycles. The number of aryl methyl sites for hydroxylation is 1. The number of hydrogen-bond acceptors (Lipinski definition) is 3. The number of benzene rings is 1. The molecule has 0 aliphatic heterocycles. The zero-order valence-electron chi connectivity index (χ0n) is 12.1. The molecule has 0 bridgehead atoms. The number of ether oxygens (including phenoxy) is 1. The Labute approximate surface area is 135 Å². The van der Waals surface area contributed by atoms with Crippen LogP contribution in [-0.4, -0.2) is 26.6 Å². The number of nitrogens with one attached hydrogen (secondary N) is 1. The molecule has 8 heteroatoms. The van der Waals surface area contributed by atoms with E-state index in [-0.39, 0.29) is 10.8 Å². The highest BCUT2D eigenvalue weighted by molar-refractivity contribution is 6.32. The molecule has 3 rings (SSSR count). The highest BCUT2D eigenvalue weighted by atomic mass is 35.5. The van der Waals surface area contributed by atoms with E-state index in [1.54, 1.807) is 23.1 Å². The Hall–Kier alpha value is -2.41. The molecule has 1 aromatic carbocycles. The number of rotatable bonds is 5. The summed E-state index contributed by atoms with van der Waals surface area (Å²) >= 11 is 5.85. The van der Waals surface area contributed by atoms with Crippen LogP contribution in [0.15, 0.2) is 36.7 Å². The Morgan fingerprint density at radius 2 is 2.13 bits per heavy atom. The molecule has 0 saturated carbocycles. The average molecular weight is 339 g/mol. The highest BCUT2D eigenvalue weighted by Gasteiger charge is 2.11. The van der Waals surface area contributed by atoms with E-state index < -0.39 is 6.61 Å². The monoisotopic (exact) mass is 338 g/mol. The van der Waals surface area contributed by atoms with Crippen molar-refractivity contribution in [2.75, 3.05) is 0 Å². The second kappa shape index (κ2) is 6.37. The third kappa shape index (κ3) is 3.68.